The first-order valence-corrected chi connectivity index (χ1v) is 22.5. The number of para-hydroxylation sites is 1. The maximum atomic E-state index is 15.3. The number of nitrogens with zero attached hydrogens (tertiary/aromatic N) is 4. The van der Waals surface area contributed by atoms with Crippen LogP contribution < -0.4 is 5.32 Å². The zero-order chi connectivity index (χ0) is 37.2. The van der Waals surface area contributed by atoms with Crippen molar-refractivity contribution in [2.75, 3.05) is 19.4 Å². The molecule has 0 unspecified atom stereocenters. The van der Waals surface area contributed by atoms with Crippen molar-refractivity contribution < 1.29 is 33.8 Å². The van der Waals surface area contributed by atoms with Crippen LogP contribution in [0.15, 0.2) is 48.5 Å². The predicted octanol–water partition coefficient (Wildman–Crippen LogP) is 3.64. The third-order valence-electron chi connectivity index (χ3n) is 13.7. The number of amides is 4. The van der Waals surface area contributed by atoms with Gasteiger partial charge in [-0.05, 0) is 70.0 Å². The van der Waals surface area contributed by atoms with Crippen LogP contribution in [0.4, 0.5) is 5.69 Å². The van der Waals surface area contributed by atoms with Gasteiger partial charge in [-0.3, -0.25) is 28.9 Å². The summed E-state index contributed by atoms with van der Waals surface area (Å²) in [6.07, 6.45) is -2.36. The molecule has 12 nitrogen and oxygen atoms in total. The molecule has 16 heteroatoms. The molecule has 4 bridgehead atoms. The molecule has 0 aromatic heterocycles. The SMILES string of the molecule is CCCC(=O)O[C@H]1[C@]2([C@@]34c5ccccc5C[C@@H]3N3C(=O)[C@]5(CC)SS[C@]3(C(=O)N5C)[C@H]4O)c3ccccc3N[C@@H]2N2C(=O)[C@]3(CC)SS[C@]12C(=O)N3C. The molecule has 10 atom stereocenters. The van der Waals surface area contributed by atoms with Crippen LogP contribution in [-0.2, 0) is 46.0 Å². The Bertz CT molecular complexity index is 2090. The van der Waals surface area contributed by atoms with E-state index in [1.807, 2.05) is 69.3 Å². The Morgan fingerprint density at radius 3 is 2.04 bits per heavy atom. The molecule has 8 fully saturated rings. The number of hydrogen-bond donors (Lipinski definition) is 2. The largest absolute Gasteiger partial charge is 0.457 e. The number of aliphatic hydroxyl groups is 1. The van der Waals surface area contributed by atoms with Crippen LogP contribution in [0.2, 0.25) is 0 Å². The summed E-state index contributed by atoms with van der Waals surface area (Å²) in [6, 6.07) is 14.5. The number of ether oxygens (including phenoxy) is 1. The molecule has 0 saturated carbocycles. The van der Waals surface area contributed by atoms with Gasteiger partial charge >= 0.3 is 5.97 Å². The van der Waals surface area contributed by atoms with Gasteiger partial charge in [-0.2, -0.15) is 0 Å². The van der Waals surface area contributed by atoms with Crippen LogP contribution >= 0.6 is 43.2 Å². The van der Waals surface area contributed by atoms with Crippen molar-refractivity contribution >= 4 is 78.5 Å². The van der Waals surface area contributed by atoms with Gasteiger partial charge in [-0.25, -0.2) is 0 Å². The van der Waals surface area contributed by atoms with Crippen LogP contribution in [0.3, 0.4) is 0 Å². The van der Waals surface area contributed by atoms with Gasteiger partial charge in [0, 0.05) is 26.2 Å². The summed E-state index contributed by atoms with van der Waals surface area (Å²) in [5.41, 5.74) is -0.215. The first kappa shape index (κ1) is 34.4. The first-order chi connectivity index (χ1) is 25.4. The van der Waals surface area contributed by atoms with Crippen LogP contribution in [-0.4, -0.2) is 112 Å². The number of esters is 1. The molecule has 2 aromatic rings. The lowest BCUT2D eigenvalue weighted by molar-refractivity contribution is -0.173. The van der Waals surface area contributed by atoms with Crippen molar-refractivity contribution in [2.24, 2.45) is 0 Å². The van der Waals surface area contributed by atoms with E-state index in [-0.39, 0.29) is 30.0 Å². The number of benzene rings is 2. The zero-order valence-corrected chi connectivity index (χ0v) is 33.0. The van der Waals surface area contributed by atoms with Crippen LogP contribution in [0, 0.1) is 0 Å². The number of anilines is 1. The molecular formula is C37H39N5O7S4. The van der Waals surface area contributed by atoms with Gasteiger partial charge in [0.2, 0.25) is 9.74 Å². The van der Waals surface area contributed by atoms with Gasteiger partial charge in [0.25, 0.3) is 23.6 Å². The summed E-state index contributed by atoms with van der Waals surface area (Å²) < 4.78 is 6.80. The molecule has 2 spiro atoms. The number of piperazine rings is 2. The van der Waals surface area contributed by atoms with Gasteiger partial charge < -0.3 is 29.9 Å². The van der Waals surface area contributed by atoms with Crippen molar-refractivity contribution in [3.8, 4) is 0 Å². The Hall–Kier alpha value is -3.05. The van der Waals surface area contributed by atoms with Gasteiger partial charge in [-0.15, -0.1) is 0 Å². The fourth-order valence-electron chi connectivity index (χ4n) is 11.5. The molecular weight excluding hydrogens is 755 g/mol. The van der Waals surface area contributed by atoms with E-state index in [0.29, 0.717) is 42.5 Å². The molecule has 9 aliphatic heterocycles. The number of nitrogens with one attached hydrogen (secondary N) is 1. The zero-order valence-electron chi connectivity index (χ0n) is 29.8. The summed E-state index contributed by atoms with van der Waals surface area (Å²) in [4.78, 5) is 75.3. The van der Waals surface area contributed by atoms with E-state index in [4.69, 9.17) is 4.74 Å². The second-order valence-electron chi connectivity index (χ2n) is 15.3. The van der Waals surface area contributed by atoms with Crippen LogP contribution in [0.1, 0.15) is 63.1 Å². The third-order valence-corrected chi connectivity index (χ3v) is 21.3. The van der Waals surface area contributed by atoms with Crippen molar-refractivity contribution in [1.29, 1.82) is 0 Å². The molecule has 0 radical (unpaired) electrons. The van der Waals surface area contributed by atoms with Gasteiger partial charge in [0.05, 0.1) is 16.9 Å². The maximum absolute atomic E-state index is 15.3. The van der Waals surface area contributed by atoms with Crippen LogP contribution in [0.5, 0.6) is 0 Å². The number of carbonyl (C=O) groups is 5. The minimum absolute atomic E-state index is 0.0655. The summed E-state index contributed by atoms with van der Waals surface area (Å²) in [7, 11) is 8.38. The Kier molecular flexibility index (Phi) is 6.90. The summed E-state index contributed by atoms with van der Waals surface area (Å²) >= 11 is 0. The average Bonchev–Trinajstić information content (AvgIpc) is 3.82. The van der Waals surface area contributed by atoms with Crippen molar-refractivity contribution in [2.45, 2.75) is 108 Å². The minimum Gasteiger partial charge on any atom is -0.457 e. The lowest BCUT2D eigenvalue weighted by atomic mass is 9.51. The minimum atomic E-state index is -1.74. The summed E-state index contributed by atoms with van der Waals surface area (Å²) in [5.74, 6) is -1.82. The topological polar surface area (TPSA) is 140 Å². The van der Waals surface area contributed by atoms with E-state index < -0.39 is 60.7 Å². The van der Waals surface area contributed by atoms with Gasteiger partial charge in [0.15, 0.2) is 15.8 Å². The Morgan fingerprint density at radius 2 is 1.38 bits per heavy atom. The highest BCUT2D eigenvalue weighted by atomic mass is 33.1. The number of carbonyl (C=O) groups excluding carboxylic acids is 5. The third kappa shape index (κ3) is 3.22. The Balaban J connectivity index is 1.36. The fraction of sp³-hybridized carbons (Fsp3) is 0.541. The second-order valence-corrected chi connectivity index (χ2v) is 20.6. The molecule has 9 heterocycles. The van der Waals surface area contributed by atoms with Crippen LogP contribution in [0.25, 0.3) is 0 Å². The molecule has 2 aromatic carbocycles. The summed E-state index contributed by atoms with van der Waals surface area (Å²) in [6.45, 7) is 5.65. The lowest BCUT2D eigenvalue weighted by Crippen LogP contribution is -2.78. The van der Waals surface area contributed by atoms with E-state index in [0.717, 1.165) is 5.56 Å². The number of rotatable bonds is 6. The molecule has 53 heavy (non-hydrogen) atoms. The fourth-order valence-corrected chi connectivity index (χ4v) is 19.4. The van der Waals surface area contributed by atoms with E-state index in [1.165, 1.54) is 53.0 Å². The number of fused-ring (bicyclic) bond motifs is 11. The number of likely N-dealkylation sites (N-methyl/N-ethyl adjacent to an activating group) is 2. The molecule has 278 valence electrons. The van der Waals surface area contributed by atoms with Crippen molar-refractivity contribution in [3.05, 3.63) is 65.2 Å². The standard InChI is InChI=1S/C37H39N5O7S4/c1-6-13-24(43)49-26-35(21-16-11-12-17-22(21)38-27(35)42-29(46)33(8-3)40(5)31(48)37(26,42)53-51-33)34-20-15-10-9-14-19(20)18-23(34)41-28(45)32(7-2)39(4)30(47)36(41,25(34)44)52-50-32/h9-12,14-17,23,25-27,38,44H,6-8,13,18H2,1-5H3/t23-,25-,26-,27+,32-,33-,34-,35+,36-,37-/m0/s1. The summed E-state index contributed by atoms with van der Waals surface area (Å²) in [5, 5.41) is 17.4. The van der Waals surface area contributed by atoms with E-state index >= 15 is 14.4 Å². The maximum Gasteiger partial charge on any atom is 0.306 e. The highest BCUT2D eigenvalue weighted by molar-refractivity contribution is 8.78. The second kappa shape index (κ2) is 10.6. The normalized spacial score (nSPS) is 42.4. The number of hydrogen-bond acceptors (Lipinski definition) is 12. The van der Waals surface area contributed by atoms with Crippen molar-refractivity contribution in [1.82, 2.24) is 19.6 Å². The molecule has 12 rings (SSSR count). The first-order valence-electron chi connectivity index (χ1n) is 18.2. The predicted molar refractivity (Wildman–Crippen MR) is 203 cm³/mol. The highest BCUT2D eigenvalue weighted by Crippen LogP contribution is 2.79. The molecule has 4 amide bonds. The average molecular weight is 794 g/mol. The van der Waals surface area contributed by atoms with E-state index in [1.54, 1.807) is 23.9 Å². The van der Waals surface area contributed by atoms with Gasteiger partial charge in [0.1, 0.15) is 12.3 Å². The van der Waals surface area contributed by atoms with Gasteiger partial charge in [-0.1, -0.05) is 84.8 Å². The Labute approximate surface area is 322 Å². The smallest absolute Gasteiger partial charge is 0.306 e. The lowest BCUT2D eigenvalue weighted by Gasteiger charge is -2.59. The van der Waals surface area contributed by atoms with E-state index in [9.17, 15) is 14.7 Å². The Morgan fingerprint density at radius 1 is 0.792 bits per heavy atom. The molecule has 2 N–H and O–H groups in total. The number of aliphatic hydroxyl groups excluding tert-OH is 1. The monoisotopic (exact) mass is 793 g/mol. The quantitative estimate of drug-likeness (QED) is 0.326. The molecule has 8 saturated heterocycles. The highest BCUT2D eigenvalue weighted by Gasteiger charge is 2.93. The molecule has 10 aliphatic rings. The van der Waals surface area contributed by atoms with E-state index in [2.05, 4.69) is 5.32 Å². The molecule has 1 aliphatic carbocycles. The van der Waals surface area contributed by atoms with Crippen molar-refractivity contribution in [3.63, 3.8) is 0 Å².